The van der Waals surface area contributed by atoms with Gasteiger partial charge in [0, 0.05) is 19.3 Å². The lowest BCUT2D eigenvalue weighted by molar-refractivity contribution is 0.103. The first-order valence-electron chi connectivity index (χ1n) is 11.9. The highest BCUT2D eigenvalue weighted by atomic mass is 16.5. The Hall–Kier alpha value is -4.62. The van der Waals surface area contributed by atoms with Crippen LogP contribution in [0.4, 0.5) is 17.6 Å². The second kappa shape index (κ2) is 10.8. The van der Waals surface area contributed by atoms with Crippen LogP contribution in [0, 0.1) is 0 Å². The van der Waals surface area contributed by atoms with Gasteiger partial charge in [-0.05, 0) is 31.5 Å². The number of fused-ring (bicyclic) bond motifs is 1. The monoisotopic (exact) mass is 517 g/mol. The van der Waals surface area contributed by atoms with Gasteiger partial charge in [0.2, 0.25) is 5.95 Å². The third kappa shape index (κ3) is 4.84. The highest BCUT2D eigenvalue weighted by Crippen LogP contribution is 2.29. The summed E-state index contributed by atoms with van der Waals surface area (Å²) in [6.45, 7) is 3.87. The van der Waals surface area contributed by atoms with Gasteiger partial charge in [-0.1, -0.05) is 35.5 Å². The summed E-state index contributed by atoms with van der Waals surface area (Å²) in [6.07, 6.45) is 2.83. The SMILES string of the molecule is COCn1c(=O)c2ccc(Nc3ncc(-c4ncno4)c(N[C@H](CO)c4ccccc4)n3)nc2n1C(C)C. The van der Waals surface area contributed by atoms with Crippen LogP contribution in [0.2, 0.25) is 0 Å². The van der Waals surface area contributed by atoms with Crippen molar-refractivity contribution < 1.29 is 14.4 Å². The van der Waals surface area contributed by atoms with E-state index in [2.05, 4.69) is 35.7 Å². The molecule has 13 nitrogen and oxygen atoms in total. The van der Waals surface area contributed by atoms with E-state index in [1.54, 1.807) is 23.0 Å². The number of nitrogens with zero attached hydrogens (tertiary/aromatic N) is 7. The number of pyridine rings is 1. The Morgan fingerprint density at radius 3 is 2.61 bits per heavy atom. The molecule has 0 saturated heterocycles. The summed E-state index contributed by atoms with van der Waals surface area (Å²) in [4.78, 5) is 30.7. The number of aromatic nitrogens is 7. The molecular formula is C25H27N9O4. The zero-order chi connectivity index (χ0) is 26.6. The predicted octanol–water partition coefficient (Wildman–Crippen LogP) is 3.11. The lowest BCUT2D eigenvalue weighted by atomic mass is 10.1. The number of hydrogen-bond acceptors (Lipinski definition) is 11. The summed E-state index contributed by atoms with van der Waals surface area (Å²) in [5.41, 5.74) is 1.67. The van der Waals surface area contributed by atoms with E-state index in [9.17, 15) is 9.90 Å². The van der Waals surface area contributed by atoms with Gasteiger partial charge >= 0.3 is 0 Å². The quantitative estimate of drug-likeness (QED) is 0.250. The van der Waals surface area contributed by atoms with E-state index in [0.29, 0.717) is 28.2 Å². The Morgan fingerprint density at radius 1 is 1.11 bits per heavy atom. The zero-order valence-electron chi connectivity index (χ0n) is 21.1. The number of nitrogens with one attached hydrogen (secondary N) is 2. The van der Waals surface area contributed by atoms with Crippen LogP contribution in [0.25, 0.3) is 22.5 Å². The van der Waals surface area contributed by atoms with Gasteiger partial charge in [0.25, 0.3) is 11.4 Å². The average molecular weight is 518 g/mol. The van der Waals surface area contributed by atoms with Gasteiger partial charge in [0.15, 0.2) is 12.0 Å². The molecule has 4 heterocycles. The van der Waals surface area contributed by atoms with Crippen LogP contribution in [-0.2, 0) is 11.5 Å². The van der Waals surface area contributed by atoms with Crippen molar-refractivity contribution in [1.82, 2.24) is 34.5 Å². The molecule has 1 aromatic carbocycles. The summed E-state index contributed by atoms with van der Waals surface area (Å²) in [5, 5.41) is 20.6. The maximum atomic E-state index is 12.9. The van der Waals surface area contributed by atoms with Crippen LogP contribution in [-0.4, -0.2) is 53.3 Å². The van der Waals surface area contributed by atoms with E-state index in [-0.39, 0.29) is 36.8 Å². The molecule has 0 bridgehead atoms. The van der Waals surface area contributed by atoms with E-state index >= 15 is 0 Å². The summed E-state index contributed by atoms with van der Waals surface area (Å²) >= 11 is 0. The molecular weight excluding hydrogens is 490 g/mol. The topological polar surface area (TPSA) is 158 Å². The van der Waals surface area contributed by atoms with E-state index in [4.69, 9.17) is 9.26 Å². The van der Waals surface area contributed by atoms with Crippen molar-refractivity contribution in [2.24, 2.45) is 0 Å². The molecule has 0 radical (unpaired) electrons. The van der Waals surface area contributed by atoms with Gasteiger partial charge in [-0.15, -0.1) is 0 Å². The van der Waals surface area contributed by atoms with Crippen LogP contribution in [0.1, 0.15) is 31.5 Å². The second-order valence-corrected chi connectivity index (χ2v) is 8.75. The number of aliphatic hydroxyl groups is 1. The van der Waals surface area contributed by atoms with Gasteiger partial charge in [-0.25, -0.2) is 14.6 Å². The van der Waals surface area contributed by atoms with Gasteiger partial charge in [-0.2, -0.15) is 9.97 Å². The minimum Gasteiger partial charge on any atom is -0.394 e. The van der Waals surface area contributed by atoms with E-state index in [1.807, 2.05) is 44.2 Å². The fourth-order valence-corrected chi connectivity index (χ4v) is 4.18. The van der Waals surface area contributed by atoms with Gasteiger partial charge < -0.3 is 25.0 Å². The van der Waals surface area contributed by atoms with E-state index in [0.717, 1.165) is 5.56 Å². The number of ether oxygens (including phenoxy) is 1. The molecule has 0 aliphatic carbocycles. The first-order chi connectivity index (χ1) is 18.5. The number of hydrogen-bond donors (Lipinski definition) is 3. The number of anilines is 3. The molecule has 0 unspecified atom stereocenters. The van der Waals surface area contributed by atoms with Crippen LogP contribution in [0.15, 0.2) is 64.3 Å². The Bertz CT molecular complexity index is 1580. The third-order valence-corrected chi connectivity index (χ3v) is 5.87. The molecule has 0 fully saturated rings. The van der Waals surface area contributed by atoms with Crippen LogP contribution in [0.3, 0.4) is 0 Å². The van der Waals surface area contributed by atoms with E-state index < -0.39 is 6.04 Å². The molecule has 0 spiro atoms. The van der Waals surface area contributed by atoms with Crippen LogP contribution < -0.4 is 16.2 Å². The van der Waals surface area contributed by atoms with Crippen LogP contribution in [0.5, 0.6) is 0 Å². The number of rotatable bonds is 10. The molecule has 0 amide bonds. The Morgan fingerprint density at radius 2 is 1.92 bits per heavy atom. The van der Waals surface area contributed by atoms with Crippen molar-refractivity contribution in [3.63, 3.8) is 0 Å². The highest BCUT2D eigenvalue weighted by molar-refractivity contribution is 5.77. The average Bonchev–Trinajstić information content (AvgIpc) is 3.55. The highest BCUT2D eigenvalue weighted by Gasteiger charge is 2.20. The minimum absolute atomic E-state index is 0.0350. The number of methoxy groups -OCH3 is 1. The maximum absolute atomic E-state index is 12.9. The van der Waals surface area contributed by atoms with Crippen molar-refractivity contribution in [3.05, 3.63) is 70.9 Å². The van der Waals surface area contributed by atoms with Crippen molar-refractivity contribution in [2.45, 2.75) is 32.7 Å². The van der Waals surface area contributed by atoms with Crippen LogP contribution >= 0.6 is 0 Å². The fourth-order valence-electron chi connectivity index (χ4n) is 4.18. The second-order valence-electron chi connectivity index (χ2n) is 8.75. The van der Waals surface area contributed by atoms with Gasteiger partial charge in [-0.3, -0.25) is 9.48 Å². The molecule has 0 aliphatic rings. The van der Waals surface area contributed by atoms with Crippen molar-refractivity contribution in [2.75, 3.05) is 24.4 Å². The standard InChI is InChI=1S/C25H27N9O4/c1-15(2)34-22-17(24(36)33(34)14-37-3)9-10-20(30-22)31-25-26-11-18(23-27-13-28-38-23)21(32-25)29-19(12-35)16-7-5-4-6-8-16/h4-11,13,15,19,35H,12,14H2,1-3H3,(H2,26,29,30,31,32)/t19-/m1/s1. The Balaban J connectivity index is 1.52. The predicted molar refractivity (Wildman–Crippen MR) is 140 cm³/mol. The van der Waals surface area contributed by atoms with E-state index in [1.165, 1.54) is 18.1 Å². The summed E-state index contributed by atoms with van der Waals surface area (Å²) in [7, 11) is 1.54. The molecule has 1 atom stereocenters. The number of aliphatic hydroxyl groups excluding tert-OH is 1. The summed E-state index contributed by atoms with van der Waals surface area (Å²) < 4.78 is 13.8. The molecule has 0 aliphatic heterocycles. The number of benzene rings is 1. The molecule has 5 rings (SSSR count). The molecule has 3 N–H and O–H groups in total. The normalized spacial score (nSPS) is 12.2. The Kier molecular flexibility index (Phi) is 7.11. The molecule has 0 saturated carbocycles. The lowest BCUT2D eigenvalue weighted by Crippen LogP contribution is -2.25. The first kappa shape index (κ1) is 25.0. The molecule has 13 heteroatoms. The lowest BCUT2D eigenvalue weighted by Gasteiger charge is -2.19. The van der Waals surface area contributed by atoms with Gasteiger partial charge in [0.05, 0.1) is 18.0 Å². The largest absolute Gasteiger partial charge is 0.394 e. The van der Waals surface area contributed by atoms with Crippen molar-refractivity contribution >= 4 is 28.6 Å². The third-order valence-electron chi connectivity index (χ3n) is 5.87. The molecule has 196 valence electrons. The van der Waals surface area contributed by atoms with Crippen molar-refractivity contribution in [1.29, 1.82) is 0 Å². The van der Waals surface area contributed by atoms with Crippen molar-refractivity contribution in [3.8, 4) is 11.5 Å². The maximum Gasteiger partial charge on any atom is 0.278 e. The smallest absolute Gasteiger partial charge is 0.278 e. The first-order valence-corrected chi connectivity index (χ1v) is 11.9. The summed E-state index contributed by atoms with van der Waals surface area (Å²) in [5.74, 6) is 1.28. The Labute approximate surface area is 217 Å². The summed E-state index contributed by atoms with van der Waals surface area (Å²) in [6, 6.07) is 12.4. The zero-order valence-corrected chi connectivity index (χ0v) is 21.1. The molecule has 4 aromatic heterocycles. The van der Waals surface area contributed by atoms with Gasteiger partial charge in [0.1, 0.15) is 23.9 Å². The fraction of sp³-hybridized carbons (Fsp3) is 0.280. The molecule has 5 aromatic rings. The molecule has 38 heavy (non-hydrogen) atoms. The minimum atomic E-state index is -0.448.